The second-order valence-corrected chi connectivity index (χ2v) is 8.65. The smallest absolute Gasteiger partial charge is 0.338 e. The molecule has 2 unspecified atom stereocenters. The van der Waals surface area contributed by atoms with Gasteiger partial charge in [0.05, 0.1) is 11.7 Å². The number of likely N-dealkylation sites (tertiary alicyclic amines) is 1. The van der Waals surface area contributed by atoms with Crippen LogP contribution in [0.15, 0.2) is 18.2 Å². The predicted molar refractivity (Wildman–Crippen MR) is 108 cm³/mol. The Kier molecular flexibility index (Phi) is 6.22. The molecule has 1 aromatic rings. The van der Waals surface area contributed by atoms with Gasteiger partial charge in [-0.25, -0.2) is 4.79 Å². The molecule has 0 amide bonds. The molecule has 0 N–H and O–H groups in total. The summed E-state index contributed by atoms with van der Waals surface area (Å²) < 4.78 is 17.0. The van der Waals surface area contributed by atoms with Gasteiger partial charge in [0.25, 0.3) is 0 Å². The average Bonchev–Trinajstić information content (AvgIpc) is 3.09. The summed E-state index contributed by atoms with van der Waals surface area (Å²) in [5.41, 5.74) is 1.61. The van der Waals surface area contributed by atoms with Crippen LogP contribution in [0.1, 0.15) is 67.8 Å². The van der Waals surface area contributed by atoms with Crippen LogP contribution in [-0.2, 0) is 16.1 Å². The van der Waals surface area contributed by atoms with Crippen molar-refractivity contribution in [2.75, 3.05) is 20.2 Å². The highest BCUT2D eigenvalue weighted by Gasteiger charge is 2.32. The van der Waals surface area contributed by atoms with E-state index in [9.17, 15) is 4.79 Å². The molecule has 5 heteroatoms. The standard InChI is InChI=1S/C23H33NO4/c1-16(28-20-10-11-21-18(13-20)15-27-23(21)25)22-5-3-4-12-24(22)14-17-6-8-19(26-2)9-7-17/h10-11,13,16-17,19,22H,3-9,12,14-15H2,1-2H3. The molecule has 2 fully saturated rings. The Morgan fingerprint density at radius 3 is 2.79 bits per heavy atom. The minimum absolute atomic E-state index is 0.131. The number of fused-ring (bicyclic) bond motifs is 1. The summed E-state index contributed by atoms with van der Waals surface area (Å²) in [6.45, 7) is 4.91. The monoisotopic (exact) mass is 387 g/mol. The van der Waals surface area contributed by atoms with Gasteiger partial charge in [-0.1, -0.05) is 6.42 Å². The van der Waals surface area contributed by atoms with Gasteiger partial charge in [0.15, 0.2) is 0 Å². The van der Waals surface area contributed by atoms with E-state index >= 15 is 0 Å². The highest BCUT2D eigenvalue weighted by molar-refractivity contribution is 5.93. The second kappa shape index (κ2) is 8.83. The van der Waals surface area contributed by atoms with Crippen molar-refractivity contribution in [1.29, 1.82) is 0 Å². The Labute approximate surface area is 168 Å². The van der Waals surface area contributed by atoms with Gasteiger partial charge in [0.2, 0.25) is 0 Å². The molecule has 154 valence electrons. The topological polar surface area (TPSA) is 48.0 Å². The van der Waals surface area contributed by atoms with Gasteiger partial charge in [0.1, 0.15) is 18.5 Å². The van der Waals surface area contributed by atoms with Crippen LogP contribution < -0.4 is 4.74 Å². The first-order valence-electron chi connectivity index (χ1n) is 10.9. The van der Waals surface area contributed by atoms with Crippen molar-refractivity contribution in [2.45, 2.75) is 76.7 Å². The molecule has 1 aromatic carbocycles. The van der Waals surface area contributed by atoms with Crippen molar-refractivity contribution in [2.24, 2.45) is 5.92 Å². The predicted octanol–water partition coefficient (Wildman–Crippen LogP) is 4.18. The van der Waals surface area contributed by atoms with E-state index in [0.29, 0.717) is 24.3 Å². The Balaban J connectivity index is 1.36. The lowest BCUT2D eigenvalue weighted by Crippen LogP contribution is -2.49. The van der Waals surface area contributed by atoms with Gasteiger partial charge in [-0.15, -0.1) is 0 Å². The minimum atomic E-state index is -0.226. The van der Waals surface area contributed by atoms with Crippen molar-refractivity contribution in [3.8, 4) is 5.75 Å². The van der Waals surface area contributed by atoms with Crippen LogP contribution in [0.3, 0.4) is 0 Å². The van der Waals surface area contributed by atoms with Crippen molar-refractivity contribution in [1.82, 2.24) is 4.90 Å². The fourth-order valence-corrected chi connectivity index (χ4v) is 5.13. The zero-order valence-electron chi connectivity index (χ0n) is 17.2. The van der Waals surface area contributed by atoms with Crippen LogP contribution in [0.25, 0.3) is 0 Å². The van der Waals surface area contributed by atoms with Crippen LogP contribution in [-0.4, -0.2) is 49.3 Å². The van der Waals surface area contributed by atoms with Crippen molar-refractivity contribution < 1.29 is 19.0 Å². The van der Waals surface area contributed by atoms with E-state index in [2.05, 4.69) is 11.8 Å². The maximum Gasteiger partial charge on any atom is 0.338 e. The summed E-state index contributed by atoms with van der Waals surface area (Å²) in [6.07, 6.45) is 9.29. The van der Waals surface area contributed by atoms with Crippen LogP contribution in [0.2, 0.25) is 0 Å². The maximum atomic E-state index is 11.6. The molecular formula is C23H33NO4. The Hall–Kier alpha value is -1.59. The molecule has 5 nitrogen and oxygen atoms in total. The van der Waals surface area contributed by atoms with Crippen LogP contribution in [0, 0.1) is 5.92 Å². The number of ether oxygens (including phenoxy) is 3. The number of hydrogen-bond acceptors (Lipinski definition) is 5. The van der Waals surface area contributed by atoms with Gasteiger partial charge >= 0.3 is 5.97 Å². The van der Waals surface area contributed by atoms with E-state index < -0.39 is 0 Å². The fourth-order valence-electron chi connectivity index (χ4n) is 5.13. The number of carbonyl (C=O) groups excluding carboxylic acids is 1. The zero-order valence-corrected chi connectivity index (χ0v) is 17.2. The molecule has 0 aromatic heterocycles. The summed E-state index contributed by atoms with van der Waals surface area (Å²) in [5.74, 6) is 1.40. The van der Waals surface area contributed by atoms with Crippen LogP contribution in [0.5, 0.6) is 5.75 Å². The zero-order chi connectivity index (χ0) is 19.5. The van der Waals surface area contributed by atoms with Crippen molar-refractivity contribution in [3.05, 3.63) is 29.3 Å². The average molecular weight is 388 g/mol. The normalized spacial score (nSPS) is 29.2. The molecule has 1 saturated heterocycles. The first kappa shape index (κ1) is 19.7. The summed E-state index contributed by atoms with van der Waals surface area (Å²) >= 11 is 0. The lowest BCUT2D eigenvalue weighted by Gasteiger charge is -2.41. The quantitative estimate of drug-likeness (QED) is 0.685. The van der Waals surface area contributed by atoms with E-state index in [1.807, 2.05) is 25.3 Å². The molecular weight excluding hydrogens is 354 g/mol. The molecule has 1 saturated carbocycles. The first-order valence-corrected chi connectivity index (χ1v) is 10.9. The number of esters is 1. The largest absolute Gasteiger partial charge is 0.489 e. The molecule has 2 heterocycles. The highest BCUT2D eigenvalue weighted by Crippen LogP contribution is 2.31. The lowest BCUT2D eigenvalue weighted by molar-refractivity contribution is 0.0175. The molecule has 0 bridgehead atoms. The summed E-state index contributed by atoms with van der Waals surface area (Å²) in [4.78, 5) is 14.3. The molecule has 28 heavy (non-hydrogen) atoms. The van der Waals surface area contributed by atoms with E-state index in [1.54, 1.807) is 0 Å². The molecule has 0 radical (unpaired) electrons. The fraction of sp³-hybridized carbons (Fsp3) is 0.696. The lowest BCUT2D eigenvalue weighted by atomic mass is 9.85. The molecule has 1 aliphatic carbocycles. The molecule has 3 aliphatic rings. The number of carbonyl (C=O) groups is 1. The third kappa shape index (κ3) is 4.36. The number of cyclic esters (lactones) is 1. The van der Waals surface area contributed by atoms with Crippen LogP contribution in [0.4, 0.5) is 0 Å². The van der Waals surface area contributed by atoms with E-state index in [1.165, 1.54) is 58.0 Å². The van der Waals surface area contributed by atoms with Crippen LogP contribution >= 0.6 is 0 Å². The van der Waals surface area contributed by atoms with Gasteiger partial charge in [-0.2, -0.15) is 0 Å². The third-order valence-corrected chi connectivity index (χ3v) is 6.80. The Morgan fingerprint density at radius 2 is 2.00 bits per heavy atom. The summed E-state index contributed by atoms with van der Waals surface area (Å²) in [7, 11) is 1.84. The number of piperidine rings is 1. The molecule has 0 spiro atoms. The van der Waals surface area contributed by atoms with Crippen molar-refractivity contribution >= 4 is 5.97 Å². The van der Waals surface area contributed by atoms with Gasteiger partial charge < -0.3 is 14.2 Å². The first-order chi connectivity index (χ1) is 13.6. The van der Waals surface area contributed by atoms with E-state index in [0.717, 1.165) is 17.2 Å². The van der Waals surface area contributed by atoms with Gasteiger partial charge in [-0.3, -0.25) is 4.90 Å². The van der Waals surface area contributed by atoms with E-state index in [-0.39, 0.29) is 12.1 Å². The highest BCUT2D eigenvalue weighted by atomic mass is 16.5. The Bertz CT molecular complexity index is 683. The summed E-state index contributed by atoms with van der Waals surface area (Å²) in [5, 5.41) is 0. The molecule has 2 atom stereocenters. The van der Waals surface area contributed by atoms with Crippen molar-refractivity contribution in [3.63, 3.8) is 0 Å². The van der Waals surface area contributed by atoms with Gasteiger partial charge in [0, 0.05) is 25.3 Å². The molecule has 4 rings (SSSR count). The molecule has 2 aliphatic heterocycles. The number of rotatable bonds is 6. The van der Waals surface area contributed by atoms with Gasteiger partial charge in [-0.05, 0) is 76.1 Å². The number of methoxy groups -OCH3 is 1. The minimum Gasteiger partial charge on any atom is -0.489 e. The number of hydrogen-bond donors (Lipinski definition) is 0. The summed E-state index contributed by atoms with van der Waals surface area (Å²) in [6, 6.07) is 6.16. The Morgan fingerprint density at radius 1 is 1.18 bits per heavy atom. The maximum absolute atomic E-state index is 11.6. The van der Waals surface area contributed by atoms with E-state index in [4.69, 9.17) is 14.2 Å². The number of benzene rings is 1. The number of nitrogens with zero attached hydrogens (tertiary/aromatic N) is 1. The third-order valence-electron chi connectivity index (χ3n) is 6.80. The SMILES string of the molecule is COC1CCC(CN2CCCCC2C(C)Oc2ccc3c(c2)COC3=O)CC1. The second-order valence-electron chi connectivity index (χ2n) is 8.65.